The van der Waals surface area contributed by atoms with Crippen molar-refractivity contribution in [3.8, 4) is 0 Å². The predicted molar refractivity (Wildman–Crippen MR) is 97.5 cm³/mol. The molecule has 1 fully saturated rings. The number of carbonyl (C=O) groups excluding carboxylic acids is 2. The zero-order valence-corrected chi connectivity index (χ0v) is 15.5. The highest BCUT2D eigenvalue weighted by Crippen LogP contribution is 2.37. The number of benzene rings is 1. The maximum absolute atomic E-state index is 12.6. The average molecular weight is 364 g/mol. The Balaban J connectivity index is 1.61. The fraction of sp³-hybridized carbons (Fsp3) is 0.500. The number of para-hydroxylation sites is 1. The smallest absolute Gasteiger partial charge is 0.310 e. The molecule has 24 heavy (non-hydrogen) atoms. The lowest BCUT2D eigenvalue weighted by molar-refractivity contribution is -0.156. The SMILES string of the molecule is CCCC[C@H]1C[C@](C)(C(=O)CSc2nc3ccccc3s2)OC1=O. The van der Waals surface area contributed by atoms with Gasteiger partial charge in [0.25, 0.3) is 0 Å². The van der Waals surface area contributed by atoms with E-state index in [1.165, 1.54) is 11.8 Å². The zero-order valence-electron chi connectivity index (χ0n) is 13.9. The van der Waals surface area contributed by atoms with Crippen LogP contribution in [0.3, 0.4) is 0 Å². The minimum atomic E-state index is -0.973. The first-order chi connectivity index (χ1) is 11.5. The van der Waals surface area contributed by atoms with Crippen LogP contribution in [-0.2, 0) is 14.3 Å². The highest BCUT2D eigenvalue weighted by molar-refractivity contribution is 8.01. The molecule has 2 heterocycles. The third-order valence-corrected chi connectivity index (χ3v) is 6.57. The number of unbranched alkanes of at least 4 members (excludes halogenated alkanes) is 1. The third kappa shape index (κ3) is 3.64. The molecule has 0 saturated carbocycles. The number of thiazole rings is 1. The molecular formula is C18H21NO3S2. The summed E-state index contributed by atoms with van der Waals surface area (Å²) in [4.78, 5) is 29.1. The summed E-state index contributed by atoms with van der Waals surface area (Å²) in [6.45, 7) is 3.84. The maximum Gasteiger partial charge on any atom is 0.310 e. The van der Waals surface area contributed by atoms with Crippen molar-refractivity contribution in [1.29, 1.82) is 0 Å². The summed E-state index contributed by atoms with van der Waals surface area (Å²) in [7, 11) is 0. The van der Waals surface area contributed by atoms with E-state index in [2.05, 4.69) is 11.9 Å². The second kappa shape index (κ2) is 7.23. The van der Waals surface area contributed by atoms with Crippen LogP contribution in [0.2, 0.25) is 0 Å². The molecule has 0 bridgehead atoms. The molecule has 0 amide bonds. The molecule has 2 aromatic rings. The van der Waals surface area contributed by atoms with Gasteiger partial charge in [-0.1, -0.05) is 43.7 Å². The number of rotatable bonds is 7. The van der Waals surface area contributed by atoms with Gasteiger partial charge in [-0.15, -0.1) is 11.3 Å². The largest absolute Gasteiger partial charge is 0.451 e. The van der Waals surface area contributed by atoms with E-state index in [4.69, 9.17) is 4.74 Å². The van der Waals surface area contributed by atoms with Crippen LogP contribution in [0.4, 0.5) is 0 Å². The van der Waals surface area contributed by atoms with Gasteiger partial charge >= 0.3 is 5.97 Å². The average Bonchev–Trinajstić information content (AvgIpc) is 3.11. The molecule has 128 valence electrons. The molecule has 1 aliphatic heterocycles. The molecule has 0 radical (unpaired) electrons. The van der Waals surface area contributed by atoms with E-state index < -0.39 is 5.60 Å². The van der Waals surface area contributed by atoms with Gasteiger partial charge in [-0.05, 0) is 25.5 Å². The third-order valence-electron chi connectivity index (χ3n) is 4.39. The summed E-state index contributed by atoms with van der Waals surface area (Å²) < 4.78 is 7.44. The second-order valence-electron chi connectivity index (χ2n) is 6.35. The number of cyclic esters (lactones) is 1. The second-order valence-corrected chi connectivity index (χ2v) is 8.61. The normalized spacial score (nSPS) is 23.6. The molecule has 1 saturated heterocycles. The summed E-state index contributed by atoms with van der Waals surface area (Å²) in [5.74, 6) is -0.0980. The van der Waals surface area contributed by atoms with Crippen molar-refractivity contribution >= 4 is 45.1 Å². The number of carbonyl (C=O) groups is 2. The number of hydrogen-bond donors (Lipinski definition) is 0. The van der Waals surface area contributed by atoms with Crippen molar-refractivity contribution in [2.45, 2.75) is 49.5 Å². The Morgan fingerprint density at radius 1 is 1.46 bits per heavy atom. The molecule has 0 spiro atoms. The monoisotopic (exact) mass is 363 g/mol. The number of aromatic nitrogens is 1. The topological polar surface area (TPSA) is 56.3 Å². The van der Waals surface area contributed by atoms with Crippen LogP contribution >= 0.6 is 23.1 Å². The molecular weight excluding hydrogens is 342 g/mol. The fourth-order valence-corrected chi connectivity index (χ4v) is 5.04. The van der Waals surface area contributed by atoms with Crippen molar-refractivity contribution in [2.24, 2.45) is 5.92 Å². The fourth-order valence-electron chi connectivity index (χ4n) is 2.93. The number of hydrogen-bond acceptors (Lipinski definition) is 6. The minimum absolute atomic E-state index is 0.0286. The van der Waals surface area contributed by atoms with Gasteiger partial charge < -0.3 is 4.74 Å². The number of esters is 1. The van der Waals surface area contributed by atoms with E-state index in [-0.39, 0.29) is 23.4 Å². The molecule has 1 aliphatic rings. The lowest BCUT2D eigenvalue weighted by Crippen LogP contribution is -2.36. The van der Waals surface area contributed by atoms with Crippen LogP contribution in [0.5, 0.6) is 0 Å². The first-order valence-electron chi connectivity index (χ1n) is 8.26. The first kappa shape index (κ1) is 17.4. The van der Waals surface area contributed by atoms with Crippen LogP contribution in [-0.4, -0.2) is 28.1 Å². The number of ether oxygens (including phenoxy) is 1. The molecule has 6 heteroatoms. The quantitative estimate of drug-likeness (QED) is 0.537. The van der Waals surface area contributed by atoms with Crippen molar-refractivity contribution < 1.29 is 14.3 Å². The van der Waals surface area contributed by atoms with E-state index in [1.54, 1.807) is 18.3 Å². The summed E-state index contributed by atoms with van der Waals surface area (Å²) in [5.41, 5.74) is -0.0188. The standard InChI is InChI=1S/C18H21NO3S2/c1-3-4-7-12-10-18(2,22-16(12)21)15(20)11-23-17-19-13-8-5-6-9-14(13)24-17/h5-6,8-9,12H,3-4,7,10-11H2,1-2H3/t12-,18+/m0/s1. The number of Topliss-reactive ketones (excluding diaryl/α,β-unsaturated/α-hetero) is 1. The van der Waals surface area contributed by atoms with Gasteiger partial charge in [0.2, 0.25) is 0 Å². The summed E-state index contributed by atoms with van der Waals surface area (Å²) in [6.07, 6.45) is 3.35. The van der Waals surface area contributed by atoms with Crippen molar-refractivity contribution in [2.75, 3.05) is 5.75 Å². The Morgan fingerprint density at radius 3 is 3.00 bits per heavy atom. The Hall–Kier alpha value is -1.40. The van der Waals surface area contributed by atoms with E-state index in [9.17, 15) is 9.59 Å². The number of fused-ring (bicyclic) bond motifs is 1. The molecule has 0 aliphatic carbocycles. The molecule has 1 aromatic carbocycles. The van der Waals surface area contributed by atoms with Gasteiger partial charge in [0.1, 0.15) is 0 Å². The Morgan fingerprint density at radius 2 is 2.25 bits per heavy atom. The van der Waals surface area contributed by atoms with Crippen LogP contribution in [0, 0.1) is 5.92 Å². The van der Waals surface area contributed by atoms with Gasteiger partial charge in [0.15, 0.2) is 15.7 Å². The Kier molecular flexibility index (Phi) is 5.25. The van der Waals surface area contributed by atoms with Gasteiger partial charge in [0.05, 0.1) is 21.9 Å². The maximum atomic E-state index is 12.6. The number of nitrogens with zero attached hydrogens (tertiary/aromatic N) is 1. The molecule has 1 aromatic heterocycles. The number of thioether (sulfide) groups is 1. The molecule has 0 unspecified atom stereocenters. The van der Waals surface area contributed by atoms with Crippen molar-refractivity contribution in [1.82, 2.24) is 4.98 Å². The van der Waals surface area contributed by atoms with Crippen molar-refractivity contribution in [3.05, 3.63) is 24.3 Å². The van der Waals surface area contributed by atoms with Crippen LogP contribution < -0.4 is 0 Å². The molecule has 2 atom stereocenters. The van der Waals surface area contributed by atoms with E-state index >= 15 is 0 Å². The first-order valence-corrected chi connectivity index (χ1v) is 10.1. The number of ketones is 1. The molecule has 3 rings (SSSR count). The van der Waals surface area contributed by atoms with Gasteiger partial charge in [0, 0.05) is 6.42 Å². The minimum Gasteiger partial charge on any atom is -0.451 e. The molecule has 0 N–H and O–H groups in total. The van der Waals surface area contributed by atoms with Crippen LogP contribution in [0.25, 0.3) is 10.2 Å². The van der Waals surface area contributed by atoms with Gasteiger partial charge in [-0.25, -0.2) is 4.98 Å². The lowest BCUT2D eigenvalue weighted by Gasteiger charge is -2.20. The summed E-state index contributed by atoms with van der Waals surface area (Å²) in [6, 6.07) is 7.93. The Bertz CT molecular complexity index is 725. The highest BCUT2D eigenvalue weighted by atomic mass is 32.2. The molecule has 4 nitrogen and oxygen atoms in total. The Labute approximate surface area is 150 Å². The lowest BCUT2D eigenvalue weighted by atomic mass is 9.90. The summed E-state index contributed by atoms with van der Waals surface area (Å²) >= 11 is 3.01. The van der Waals surface area contributed by atoms with E-state index in [0.717, 1.165) is 33.8 Å². The van der Waals surface area contributed by atoms with Crippen LogP contribution in [0.15, 0.2) is 28.6 Å². The zero-order chi connectivity index (χ0) is 17.2. The van der Waals surface area contributed by atoms with E-state index in [0.29, 0.717) is 6.42 Å². The van der Waals surface area contributed by atoms with Gasteiger partial charge in [-0.3, -0.25) is 9.59 Å². The van der Waals surface area contributed by atoms with E-state index in [1.807, 2.05) is 24.3 Å². The van der Waals surface area contributed by atoms with Crippen LogP contribution in [0.1, 0.15) is 39.5 Å². The van der Waals surface area contributed by atoms with Gasteiger partial charge in [-0.2, -0.15) is 0 Å². The predicted octanol–water partition coefficient (Wildman–Crippen LogP) is 4.47. The summed E-state index contributed by atoms with van der Waals surface area (Å²) in [5, 5.41) is 0. The highest BCUT2D eigenvalue weighted by Gasteiger charge is 2.47. The van der Waals surface area contributed by atoms with Crippen molar-refractivity contribution in [3.63, 3.8) is 0 Å².